The molecule has 0 unspecified atom stereocenters. The van der Waals surface area contributed by atoms with Crippen LogP contribution in [0.3, 0.4) is 0 Å². The molecule has 11 heteroatoms. The molecule has 6 nitrogen and oxygen atoms in total. The van der Waals surface area contributed by atoms with Gasteiger partial charge in [-0.15, -0.1) is 0 Å². The predicted octanol–water partition coefficient (Wildman–Crippen LogP) is 6.41. The van der Waals surface area contributed by atoms with Gasteiger partial charge in [-0.3, -0.25) is 0 Å². The van der Waals surface area contributed by atoms with E-state index in [-0.39, 0.29) is 27.8 Å². The van der Waals surface area contributed by atoms with Crippen molar-refractivity contribution >= 4 is 34.1 Å². The minimum Gasteiger partial charge on any atom is -0.420 e. The molecule has 3 aromatic heterocycles. The van der Waals surface area contributed by atoms with E-state index in [1.165, 1.54) is 18.3 Å². The van der Waals surface area contributed by atoms with Crippen molar-refractivity contribution in [2.75, 3.05) is 0 Å². The first-order valence-electron chi connectivity index (χ1n) is 9.78. The smallest absolute Gasteiger partial charge is 0.420 e. The zero-order valence-electron chi connectivity index (χ0n) is 18.0. The number of hydrogen-bond donors (Lipinski definition) is 0. The predicted molar refractivity (Wildman–Crippen MR) is 119 cm³/mol. The maximum atomic E-state index is 14.2. The SMILES string of the molecule is Cc1cc(Cl)cc2c(=NC(C)(C)C)oc(-c3cnn(-c4ncccc4Cl)c3C(F)(F)F)nc12. The van der Waals surface area contributed by atoms with Crippen molar-refractivity contribution in [3.8, 4) is 17.3 Å². The van der Waals surface area contributed by atoms with Crippen LogP contribution >= 0.6 is 23.2 Å². The van der Waals surface area contributed by atoms with Crippen molar-refractivity contribution in [3.63, 3.8) is 0 Å². The summed E-state index contributed by atoms with van der Waals surface area (Å²) in [6.07, 6.45) is -2.46. The van der Waals surface area contributed by atoms with Gasteiger partial charge in [-0.1, -0.05) is 23.2 Å². The van der Waals surface area contributed by atoms with Gasteiger partial charge in [0.25, 0.3) is 0 Å². The average Bonchev–Trinajstić information content (AvgIpc) is 3.13. The lowest BCUT2D eigenvalue weighted by Gasteiger charge is -2.14. The first-order valence-corrected chi connectivity index (χ1v) is 10.5. The third kappa shape index (κ3) is 4.60. The molecule has 172 valence electrons. The van der Waals surface area contributed by atoms with Gasteiger partial charge in [-0.2, -0.15) is 18.3 Å². The quantitative estimate of drug-likeness (QED) is 0.322. The minimum atomic E-state index is -4.81. The van der Waals surface area contributed by atoms with Crippen molar-refractivity contribution < 1.29 is 17.6 Å². The summed E-state index contributed by atoms with van der Waals surface area (Å²) in [5, 5.41) is 4.85. The summed E-state index contributed by atoms with van der Waals surface area (Å²) in [7, 11) is 0. The Balaban J connectivity index is 2.08. The molecule has 0 saturated heterocycles. The topological polar surface area (TPSA) is 69.1 Å². The molecular weight excluding hydrogens is 478 g/mol. The second kappa shape index (κ2) is 8.14. The molecule has 0 amide bonds. The standard InChI is InChI=1S/C22H18Cl2F3N5O/c1-11-8-12(23)9-13-16(11)30-19(33-20(13)31-21(2,3)4)14-10-29-32(17(14)22(25,26)27)18-15(24)6-5-7-28-18/h5-10H,1-4H3. The first-order chi connectivity index (χ1) is 15.3. The van der Waals surface area contributed by atoms with Crippen LogP contribution in [-0.4, -0.2) is 25.3 Å². The van der Waals surface area contributed by atoms with Crippen LogP contribution in [0.5, 0.6) is 0 Å². The number of rotatable bonds is 2. The molecule has 0 N–H and O–H groups in total. The van der Waals surface area contributed by atoms with Crippen molar-refractivity contribution in [3.05, 3.63) is 63.5 Å². The fourth-order valence-electron chi connectivity index (χ4n) is 3.29. The van der Waals surface area contributed by atoms with Gasteiger partial charge in [0.15, 0.2) is 11.5 Å². The second-order valence-corrected chi connectivity index (χ2v) is 9.19. The first kappa shape index (κ1) is 23.3. The third-order valence-electron chi connectivity index (χ3n) is 4.55. The molecule has 1 aromatic carbocycles. The summed E-state index contributed by atoms with van der Waals surface area (Å²) >= 11 is 12.3. The van der Waals surface area contributed by atoms with Gasteiger partial charge in [-0.25, -0.2) is 19.6 Å². The van der Waals surface area contributed by atoms with Crippen molar-refractivity contribution in [2.45, 2.75) is 39.4 Å². The normalized spacial score (nSPS) is 13.2. The Bertz CT molecular complexity index is 1430. The van der Waals surface area contributed by atoms with E-state index >= 15 is 0 Å². The number of pyridine rings is 1. The van der Waals surface area contributed by atoms with E-state index in [1.807, 2.05) is 20.8 Å². The van der Waals surface area contributed by atoms with E-state index < -0.39 is 17.4 Å². The largest absolute Gasteiger partial charge is 0.434 e. The Morgan fingerprint density at radius 1 is 1.12 bits per heavy atom. The summed E-state index contributed by atoms with van der Waals surface area (Å²) in [5.41, 5.74) is -0.874. The number of nitrogens with zero attached hydrogens (tertiary/aromatic N) is 5. The van der Waals surface area contributed by atoms with Crippen LogP contribution in [0.2, 0.25) is 10.0 Å². The number of aromatic nitrogens is 4. The zero-order chi connectivity index (χ0) is 24.1. The highest BCUT2D eigenvalue weighted by Crippen LogP contribution is 2.38. The number of fused-ring (bicyclic) bond motifs is 1. The lowest BCUT2D eigenvalue weighted by Crippen LogP contribution is -2.19. The van der Waals surface area contributed by atoms with E-state index in [9.17, 15) is 13.2 Å². The van der Waals surface area contributed by atoms with Gasteiger partial charge in [0.1, 0.15) is 0 Å². The van der Waals surface area contributed by atoms with Crippen LogP contribution in [-0.2, 0) is 6.18 Å². The lowest BCUT2D eigenvalue weighted by atomic mass is 10.1. The summed E-state index contributed by atoms with van der Waals surface area (Å²) in [6.45, 7) is 7.28. The number of benzene rings is 1. The van der Waals surface area contributed by atoms with Gasteiger partial charge in [0.05, 0.1) is 33.2 Å². The van der Waals surface area contributed by atoms with Gasteiger partial charge in [0.2, 0.25) is 11.4 Å². The molecule has 0 saturated carbocycles. The van der Waals surface area contributed by atoms with Crippen LogP contribution in [0.25, 0.3) is 28.2 Å². The summed E-state index contributed by atoms with van der Waals surface area (Å²) in [6, 6.07) is 6.23. The molecule has 0 radical (unpaired) electrons. The highest BCUT2D eigenvalue weighted by molar-refractivity contribution is 6.32. The van der Waals surface area contributed by atoms with E-state index in [0.29, 0.717) is 26.2 Å². The Morgan fingerprint density at radius 2 is 1.85 bits per heavy atom. The Labute approximate surface area is 196 Å². The molecule has 3 heterocycles. The Kier molecular flexibility index (Phi) is 5.74. The molecule has 33 heavy (non-hydrogen) atoms. The van der Waals surface area contributed by atoms with Crippen molar-refractivity contribution in [2.24, 2.45) is 4.99 Å². The van der Waals surface area contributed by atoms with E-state index in [4.69, 9.17) is 27.6 Å². The number of aryl methyl sites for hydroxylation is 1. The van der Waals surface area contributed by atoms with Gasteiger partial charge >= 0.3 is 6.18 Å². The monoisotopic (exact) mass is 495 g/mol. The molecule has 0 aliphatic carbocycles. The summed E-state index contributed by atoms with van der Waals surface area (Å²) in [4.78, 5) is 12.9. The van der Waals surface area contributed by atoms with Gasteiger partial charge < -0.3 is 4.42 Å². The van der Waals surface area contributed by atoms with Gasteiger partial charge in [-0.05, 0) is 57.5 Å². The highest BCUT2D eigenvalue weighted by Gasteiger charge is 2.41. The van der Waals surface area contributed by atoms with Crippen molar-refractivity contribution in [1.82, 2.24) is 19.7 Å². The van der Waals surface area contributed by atoms with Crippen LogP contribution < -0.4 is 5.55 Å². The molecule has 0 aliphatic rings. The maximum absolute atomic E-state index is 14.2. The fraction of sp³-hybridized carbons (Fsp3) is 0.273. The lowest BCUT2D eigenvalue weighted by molar-refractivity contribution is -0.142. The fourth-order valence-corrected chi connectivity index (χ4v) is 3.77. The molecule has 4 rings (SSSR count). The Hall–Kier alpha value is -2.91. The molecular formula is C22H18Cl2F3N5O. The number of hydrogen-bond acceptors (Lipinski definition) is 5. The maximum Gasteiger partial charge on any atom is 0.434 e. The molecule has 0 fully saturated rings. The highest BCUT2D eigenvalue weighted by atomic mass is 35.5. The second-order valence-electron chi connectivity index (χ2n) is 8.35. The zero-order valence-corrected chi connectivity index (χ0v) is 19.5. The molecule has 0 spiro atoms. The summed E-state index contributed by atoms with van der Waals surface area (Å²) < 4.78 is 49.1. The number of alkyl halides is 3. The van der Waals surface area contributed by atoms with E-state index in [1.54, 1.807) is 19.1 Å². The minimum absolute atomic E-state index is 0.00923. The van der Waals surface area contributed by atoms with Crippen molar-refractivity contribution in [1.29, 1.82) is 0 Å². The number of halogens is 5. The average molecular weight is 496 g/mol. The summed E-state index contributed by atoms with van der Waals surface area (Å²) in [5.74, 6) is -0.456. The molecule has 0 atom stereocenters. The van der Waals surface area contributed by atoms with E-state index in [2.05, 4.69) is 20.1 Å². The van der Waals surface area contributed by atoms with Gasteiger partial charge in [0, 0.05) is 11.2 Å². The van der Waals surface area contributed by atoms with Crippen LogP contribution in [0.15, 0.2) is 46.1 Å². The van der Waals surface area contributed by atoms with Crippen LogP contribution in [0.1, 0.15) is 32.0 Å². The Morgan fingerprint density at radius 3 is 2.48 bits per heavy atom. The molecule has 0 aliphatic heterocycles. The van der Waals surface area contributed by atoms with Crippen LogP contribution in [0, 0.1) is 6.92 Å². The molecule has 0 bridgehead atoms. The molecule has 4 aromatic rings. The third-order valence-corrected chi connectivity index (χ3v) is 5.06. The van der Waals surface area contributed by atoms with E-state index in [0.717, 1.165) is 6.20 Å². The van der Waals surface area contributed by atoms with Crippen LogP contribution in [0.4, 0.5) is 13.2 Å².